The second kappa shape index (κ2) is 7.49. The zero-order valence-corrected chi connectivity index (χ0v) is 14.9. The summed E-state index contributed by atoms with van der Waals surface area (Å²) in [6.07, 6.45) is -0.00447. The number of hydrogen-bond acceptors (Lipinski definition) is 5. The van der Waals surface area contributed by atoms with Crippen LogP contribution >= 0.6 is 11.3 Å². The molecule has 0 bridgehead atoms. The summed E-state index contributed by atoms with van der Waals surface area (Å²) < 4.78 is 18.6. The van der Waals surface area contributed by atoms with Crippen LogP contribution in [-0.2, 0) is 11.2 Å². The molecule has 2 N–H and O–H groups in total. The number of halogens is 1. The van der Waals surface area contributed by atoms with E-state index in [1.54, 1.807) is 37.4 Å². The number of aryl methyl sites for hydroxylation is 2. The van der Waals surface area contributed by atoms with Gasteiger partial charge in [-0.3, -0.25) is 20.4 Å². The van der Waals surface area contributed by atoms with Crippen molar-refractivity contribution in [2.75, 3.05) is 0 Å². The van der Waals surface area contributed by atoms with E-state index in [0.29, 0.717) is 33.3 Å². The van der Waals surface area contributed by atoms with Crippen LogP contribution in [0.5, 0.6) is 0 Å². The number of rotatable bonds is 4. The Labute approximate surface area is 153 Å². The van der Waals surface area contributed by atoms with Crippen molar-refractivity contribution in [1.29, 1.82) is 0 Å². The van der Waals surface area contributed by atoms with Crippen molar-refractivity contribution in [3.8, 4) is 10.6 Å². The summed E-state index contributed by atoms with van der Waals surface area (Å²) in [4.78, 5) is 28.3. The summed E-state index contributed by atoms with van der Waals surface area (Å²) in [5.74, 6) is -0.108. The average Bonchev–Trinajstić information content (AvgIpc) is 3.19. The number of benzene rings is 1. The van der Waals surface area contributed by atoms with Gasteiger partial charge in [0.25, 0.3) is 5.91 Å². The van der Waals surface area contributed by atoms with Crippen LogP contribution in [-0.4, -0.2) is 16.8 Å². The van der Waals surface area contributed by atoms with Gasteiger partial charge in [0.05, 0.1) is 17.7 Å². The van der Waals surface area contributed by atoms with E-state index >= 15 is 0 Å². The molecular formula is C18H16FN3O3S. The average molecular weight is 373 g/mol. The summed E-state index contributed by atoms with van der Waals surface area (Å²) in [5.41, 5.74) is 6.25. The molecule has 1 aromatic carbocycles. The standard InChI is InChI=1S/C18H16FN3O3S/c1-10-6-15(11(2)25-10)17(24)22-21-16(23)8-14-9-26-18(20-14)12-4-3-5-13(19)7-12/h3-7,9H,8H2,1-2H3,(H,21,23)(H,22,24). The molecule has 6 nitrogen and oxygen atoms in total. The van der Waals surface area contributed by atoms with Gasteiger partial charge in [-0.25, -0.2) is 9.37 Å². The largest absolute Gasteiger partial charge is 0.466 e. The summed E-state index contributed by atoms with van der Waals surface area (Å²) in [7, 11) is 0. The maximum absolute atomic E-state index is 13.3. The van der Waals surface area contributed by atoms with Crippen LogP contribution in [0.15, 0.2) is 40.1 Å². The number of furan rings is 1. The molecule has 0 fully saturated rings. The first kappa shape index (κ1) is 17.8. The van der Waals surface area contributed by atoms with Crippen LogP contribution in [0.25, 0.3) is 10.6 Å². The molecule has 2 amide bonds. The number of amides is 2. The Morgan fingerprint density at radius 2 is 2.04 bits per heavy atom. The predicted octanol–water partition coefficient (Wildman–Crippen LogP) is 3.16. The molecular weight excluding hydrogens is 357 g/mol. The van der Waals surface area contributed by atoms with E-state index in [1.165, 1.54) is 23.5 Å². The Balaban J connectivity index is 1.57. The fourth-order valence-corrected chi connectivity index (χ4v) is 3.22. The maximum Gasteiger partial charge on any atom is 0.273 e. The van der Waals surface area contributed by atoms with Crippen LogP contribution in [0, 0.1) is 19.7 Å². The molecule has 0 saturated heterocycles. The molecule has 3 aromatic rings. The minimum absolute atomic E-state index is 0.00447. The summed E-state index contributed by atoms with van der Waals surface area (Å²) in [6.45, 7) is 3.41. The Bertz CT molecular complexity index is 964. The van der Waals surface area contributed by atoms with E-state index in [-0.39, 0.29) is 12.2 Å². The van der Waals surface area contributed by atoms with Crippen molar-refractivity contribution in [3.63, 3.8) is 0 Å². The molecule has 26 heavy (non-hydrogen) atoms. The molecule has 0 aliphatic rings. The lowest BCUT2D eigenvalue weighted by molar-refractivity contribution is -0.121. The third kappa shape index (κ3) is 4.15. The van der Waals surface area contributed by atoms with E-state index in [9.17, 15) is 14.0 Å². The molecule has 2 heterocycles. The molecule has 8 heteroatoms. The minimum atomic E-state index is -0.452. The van der Waals surface area contributed by atoms with Gasteiger partial charge >= 0.3 is 0 Å². The minimum Gasteiger partial charge on any atom is -0.466 e. The molecule has 134 valence electrons. The number of carbonyl (C=O) groups is 2. The first-order valence-electron chi connectivity index (χ1n) is 7.79. The molecule has 3 rings (SSSR count). The highest BCUT2D eigenvalue weighted by Crippen LogP contribution is 2.24. The van der Waals surface area contributed by atoms with Gasteiger partial charge in [0, 0.05) is 10.9 Å². The second-order valence-corrected chi connectivity index (χ2v) is 6.52. The molecule has 2 aromatic heterocycles. The second-order valence-electron chi connectivity index (χ2n) is 5.66. The van der Waals surface area contributed by atoms with Gasteiger partial charge in [0.2, 0.25) is 5.91 Å². The predicted molar refractivity (Wildman–Crippen MR) is 95.0 cm³/mol. The quantitative estimate of drug-likeness (QED) is 0.688. The first-order valence-corrected chi connectivity index (χ1v) is 8.67. The molecule has 0 radical (unpaired) electrons. The summed E-state index contributed by atoms with van der Waals surface area (Å²) >= 11 is 1.32. The van der Waals surface area contributed by atoms with Gasteiger partial charge in [0.15, 0.2) is 0 Å². The number of aromatic nitrogens is 1. The van der Waals surface area contributed by atoms with Crippen LogP contribution < -0.4 is 10.9 Å². The lowest BCUT2D eigenvalue weighted by atomic mass is 10.2. The number of hydrazine groups is 1. The molecule has 0 aliphatic heterocycles. The van der Waals surface area contributed by atoms with Gasteiger partial charge in [-0.2, -0.15) is 0 Å². The van der Waals surface area contributed by atoms with Crippen molar-refractivity contribution >= 4 is 23.2 Å². The van der Waals surface area contributed by atoms with Gasteiger partial charge in [-0.1, -0.05) is 12.1 Å². The maximum atomic E-state index is 13.3. The molecule has 0 spiro atoms. The third-order valence-corrected chi connectivity index (χ3v) is 4.51. The van der Waals surface area contributed by atoms with Crippen molar-refractivity contribution in [2.24, 2.45) is 0 Å². The highest BCUT2D eigenvalue weighted by molar-refractivity contribution is 7.13. The highest BCUT2D eigenvalue weighted by atomic mass is 32.1. The molecule has 0 atom stereocenters. The monoisotopic (exact) mass is 373 g/mol. The summed E-state index contributed by atoms with van der Waals surface area (Å²) in [5, 5.41) is 2.35. The van der Waals surface area contributed by atoms with Crippen LogP contribution in [0.1, 0.15) is 27.6 Å². The van der Waals surface area contributed by atoms with Gasteiger partial charge in [-0.05, 0) is 32.0 Å². The first-order chi connectivity index (χ1) is 12.4. The number of nitrogens with one attached hydrogen (secondary N) is 2. The molecule has 0 unspecified atom stereocenters. The number of hydrogen-bond donors (Lipinski definition) is 2. The SMILES string of the molecule is Cc1cc(C(=O)NNC(=O)Cc2csc(-c3cccc(F)c3)n2)c(C)o1. The van der Waals surface area contributed by atoms with Crippen molar-refractivity contribution in [1.82, 2.24) is 15.8 Å². The Hall–Kier alpha value is -3.00. The smallest absolute Gasteiger partial charge is 0.273 e. The fraction of sp³-hybridized carbons (Fsp3) is 0.167. The zero-order valence-electron chi connectivity index (χ0n) is 14.1. The number of nitrogens with zero attached hydrogens (tertiary/aromatic N) is 1. The lowest BCUT2D eigenvalue weighted by Crippen LogP contribution is -2.42. The summed E-state index contributed by atoms with van der Waals surface area (Å²) in [6, 6.07) is 7.70. The van der Waals surface area contributed by atoms with E-state index < -0.39 is 11.8 Å². The van der Waals surface area contributed by atoms with Crippen molar-refractivity contribution < 1.29 is 18.4 Å². The van der Waals surface area contributed by atoms with Crippen LogP contribution in [0.3, 0.4) is 0 Å². The fourth-order valence-electron chi connectivity index (χ4n) is 2.40. The Morgan fingerprint density at radius 1 is 1.23 bits per heavy atom. The van der Waals surface area contributed by atoms with Gasteiger partial charge in [0.1, 0.15) is 22.3 Å². The van der Waals surface area contributed by atoms with E-state index in [1.807, 2.05) is 0 Å². The van der Waals surface area contributed by atoms with Crippen LogP contribution in [0.4, 0.5) is 4.39 Å². The van der Waals surface area contributed by atoms with Crippen molar-refractivity contribution in [3.05, 3.63) is 64.3 Å². The number of thiazole rings is 1. The Morgan fingerprint density at radius 3 is 2.73 bits per heavy atom. The third-order valence-electron chi connectivity index (χ3n) is 3.57. The van der Waals surface area contributed by atoms with E-state index in [0.717, 1.165) is 0 Å². The van der Waals surface area contributed by atoms with Crippen molar-refractivity contribution in [2.45, 2.75) is 20.3 Å². The van der Waals surface area contributed by atoms with E-state index in [2.05, 4.69) is 15.8 Å². The van der Waals surface area contributed by atoms with Gasteiger partial charge < -0.3 is 4.42 Å². The highest BCUT2D eigenvalue weighted by Gasteiger charge is 2.15. The van der Waals surface area contributed by atoms with E-state index in [4.69, 9.17) is 4.42 Å². The normalized spacial score (nSPS) is 10.6. The molecule has 0 saturated carbocycles. The number of carbonyl (C=O) groups excluding carboxylic acids is 2. The lowest BCUT2D eigenvalue weighted by Gasteiger charge is -2.05. The Kier molecular flexibility index (Phi) is 5.13. The topological polar surface area (TPSA) is 84.2 Å². The van der Waals surface area contributed by atoms with Gasteiger partial charge in [-0.15, -0.1) is 11.3 Å². The van der Waals surface area contributed by atoms with Crippen LogP contribution in [0.2, 0.25) is 0 Å². The zero-order chi connectivity index (χ0) is 18.7. The molecule has 0 aliphatic carbocycles.